The zero-order valence-electron chi connectivity index (χ0n) is 4.07. The van der Waals surface area contributed by atoms with E-state index in [1.807, 2.05) is 0 Å². The first kappa shape index (κ1) is 7.71. The van der Waals surface area contributed by atoms with Crippen molar-refractivity contribution in [2.45, 2.75) is 12.2 Å². The molecule has 0 amide bonds. The molecule has 0 radical (unpaired) electrons. The highest BCUT2D eigenvalue weighted by molar-refractivity contribution is 4.69. The normalized spacial score (nSPS) is 16.1. The van der Waals surface area contributed by atoms with Crippen molar-refractivity contribution >= 4 is 0 Å². The fourth-order valence-corrected chi connectivity index (χ4v) is 0.134. The lowest BCUT2D eigenvalue weighted by molar-refractivity contribution is -0.145. The average molecular weight is 128 g/mol. The van der Waals surface area contributed by atoms with Crippen LogP contribution in [-0.2, 0) is 0 Å². The first-order chi connectivity index (χ1) is 3.48. The average Bonchev–Trinajstić information content (AvgIpc) is 1.62. The van der Waals surface area contributed by atoms with E-state index >= 15 is 0 Å². The zero-order chi connectivity index (χ0) is 6.78. The van der Waals surface area contributed by atoms with Crippen LogP contribution in [0.1, 0.15) is 0 Å². The van der Waals surface area contributed by atoms with Crippen molar-refractivity contribution < 1.29 is 13.2 Å². The minimum Gasteiger partial charge on any atom is -0.329 e. The Labute approximate surface area is 44.6 Å². The minimum atomic E-state index is -4.34. The molecule has 0 aromatic carbocycles. The van der Waals surface area contributed by atoms with Crippen molar-refractivity contribution in [1.29, 1.82) is 0 Å². The van der Waals surface area contributed by atoms with Crippen LogP contribution in [0.5, 0.6) is 0 Å². The molecule has 0 rings (SSSR count). The number of halogens is 3. The summed E-state index contributed by atoms with van der Waals surface area (Å²) in [7, 11) is 0. The lowest BCUT2D eigenvalue weighted by Crippen LogP contribution is -2.43. The molecule has 0 aliphatic rings. The summed E-state index contributed by atoms with van der Waals surface area (Å²) in [6.45, 7) is -0.552. The monoisotopic (exact) mass is 128 g/mol. The Morgan fingerprint density at radius 1 is 1.38 bits per heavy atom. The SMILES string of the molecule is NC[C@@H](N)C(F)(F)F. The molecule has 0 aliphatic heterocycles. The molecular weight excluding hydrogens is 121 g/mol. The van der Waals surface area contributed by atoms with Crippen LogP contribution in [0.3, 0.4) is 0 Å². The summed E-state index contributed by atoms with van der Waals surface area (Å²) in [5.41, 5.74) is 9.11. The molecular formula is C3H7F3N2. The number of rotatable bonds is 1. The van der Waals surface area contributed by atoms with Crippen LogP contribution < -0.4 is 11.5 Å². The molecule has 2 nitrogen and oxygen atoms in total. The Hall–Kier alpha value is -0.290. The second-order valence-electron chi connectivity index (χ2n) is 1.38. The molecule has 0 bridgehead atoms. The molecule has 0 spiro atoms. The smallest absolute Gasteiger partial charge is 0.329 e. The molecule has 0 aromatic rings. The van der Waals surface area contributed by atoms with Crippen LogP contribution in [-0.4, -0.2) is 18.8 Å². The third kappa shape index (κ3) is 2.13. The second kappa shape index (κ2) is 2.32. The summed E-state index contributed by atoms with van der Waals surface area (Å²) in [6.07, 6.45) is -4.34. The molecule has 0 saturated heterocycles. The Kier molecular flexibility index (Phi) is 2.24. The van der Waals surface area contributed by atoms with E-state index in [0.29, 0.717) is 0 Å². The highest BCUT2D eigenvalue weighted by Gasteiger charge is 2.35. The molecule has 50 valence electrons. The lowest BCUT2D eigenvalue weighted by Gasteiger charge is -2.11. The van der Waals surface area contributed by atoms with Crippen molar-refractivity contribution in [3.63, 3.8) is 0 Å². The van der Waals surface area contributed by atoms with Gasteiger partial charge in [0.1, 0.15) is 6.04 Å². The van der Waals surface area contributed by atoms with E-state index in [2.05, 4.69) is 11.5 Å². The van der Waals surface area contributed by atoms with E-state index in [9.17, 15) is 13.2 Å². The minimum absolute atomic E-state index is 0.552. The summed E-state index contributed by atoms with van der Waals surface area (Å²) in [5.74, 6) is 0. The van der Waals surface area contributed by atoms with Gasteiger partial charge in [0.2, 0.25) is 0 Å². The predicted octanol–water partition coefficient (Wildman–Crippen LogP) is -0.165. The van der Waals surface area contributed by atoms with Gasteiger partial charge in [0.05, 0.1) is 0 Å². The highest BCUT2D eigenvalue weighted by Crippen LogP contribution is 2.16. The Morgan fingerprint density at radius 3 is 1.75 bits per heavy atom. The third-order valence-electron chi connectivity index (χ3n) is 0.674. The van der Waals surface area contributed by atoms with E-state index in [0.717, 1.165) is 0 Å². The number of hydrogen-bond acceptors (Lipinski definition) is 2. The maximum Gasteiger partial charge on any atom is 0.404 e. The van der Waals surface area contributed by atoms with Gasteiger partial charge in [-0.15, -0.1) is 0 Å². The van der Waals surface area contributed by atoms with Gasteiger partial charge in [0, 0.05) is 6.54 Å². The predicted molar refractivity (Wildman–Crippen MR) is 23.1 cm³/mol. The molecule has 0 heterocycles. The third-order valence-corrected chi connectivity index (χ3v) is 0.674. The number of alkyl halides is 3. The molecule has 0 aliphatic carbocycles. The van der Waals surface area contributed by atoms with Crippen molar-refractivity contribution in [3.8, 4) is 0 Å². The van der Waals surface area contributed by atoms with E-state index in [4.69, 9.17) is 0 Å². The Morgan fingerprint density at radius 2 is 1.75 bits per heavy atom. The van der Waals surface area contributed by atoms with Gasteiger partial charge < -0.3 is 11.5 Å². The number of nitrogens with two attached hydrogens (primary N) is 2. The van der Waals surface area contributed by atoms with Gasteiger partial charge >= 0.3 is 6.18 Å². The molecule has 4 N–H and O–H groups in total. The quantitative estimate of drug-likeness (QED) is 0.515. The largest absolute Gasteiger partial charge is 0.404 e. The van der Waals surface area contributed by atoms with Gasteiger partial charge in [0.25, 0.3) is 0 Å². The summed E-state index contributed by atoms with van der Waals surface area (Å²) >= 11 is 0. The Balaban J connectivity index is 3.62. The van der Waals surface area contributed by atoms with Crippen molar-refractivity contribution in [1.82, 2.24) is 0 Å². The van der Waals surface area contributed by atoms with Crippen molar-refractivity contribution in [2.24, 2.45) is 11.5 Å². The first-order valence-corrected chi connectivity index (χ1v) is 2.01. The van der Waals surface area contributed by atoms with Gasteiger partial charge in [-0.05, 0) is 0 Å². The molecule has 0 unspecified atom stereocenters. The summed E-state index contributed by atoms with van der Waals surface area (Å²) in [5, 5.41) is 0. The van der Waals surface area contributed by atoms with Crippen LogP contribution in [0.2, 0.25) is 0 Å². The fraction of sp³-hybridized carbons (Fsp3) is 1.00. The summed E-state index contributed by atoms with van der Waals surface area (Å²) in [6, 6.07) is -1.87. The van der Waals surface area contributed by atoms with Crippen molar-refractivity contribution in [2.75, 3.05) is 6.54 Å². The molecule has 0 aromatic heterocycles. The summed E-state index contributed by atoms with van der Waals surface area (Å²) in [4.78, 5) is 0. The van der Waals surface area contributed by atoms with Gasteiger partial charge in [-0.1, -0.05) is 0 Å². The highest BCUT2D eigenvalue weighted by atomic mass is 19.4. The van der Waals surface area contributed by atoms with Crippen molar-refractivity contribution in [3.05, 3.63) is 0 Å². The topological polar surface area (TPSA) is 52.0 Å². The zero-order valence-corrected chi connectivity index (χ0v) is 4.07. The van der Waals surface area contributed by atoms with Gasteiger partial charge in [-0.2, -0.15) is 13.2 Å². The van der Waals surface area contributed by atoms with Crippen LogP contribution in [0.15, 0.2) is 0 Å². The van der Waals surface area contributed by atoms with Crippen LogP contribution >= 0.6 is 0 Å². The van der Waals surface area contributed by atoms with E-state index < -0.39 is 18.8 Å². The molecule has 1 atom stereocenters. The number of hydrogen-bond donors (Lipinski definition) is 2. The Bertz CT molecular complexity index is 69.4. The molecule has 0 fully saturated rings. The van der Waals surface area contributed by atoms with Crippen LogP contribution in [0.4, 0.5) is 13.2 Å². The molecule has 5 heteroatoms. The van der Waals surface area contributed by atoms with E-state index in [1.165, 1.54) is 0 Å². The van der Waals surface area contributed by atoms with E-state index in [-0.39, 0.29) is 0 Å². The van der Waals surface area contributed by atoms with Crippen LogP contribution in [0, 0.1) is 0 Å². The standard InChI is InChI=1S/C3H7F3N2/c4-3(5,6)2(8)1-7/h2H,1,7-8H2/t2-/m1/s1. The molecule has 8 heavy (non-hydrogen) atoms. The van der Waals surface area contributed by atoms with Gasteiger partial charge in [-0.25, -0.2) is 0 Å². The first-order valence-electron chi connectivity index (χ1n) is 2.01. The fourth-order valence-electron chi connectivity index (χ4n) is 0.134. The second-order valence-corrected chi connectivity index (χ2v) is 1.38. The lowest BCUT2D eigenvalue weighted by atomic mass is 10.3. The van der Waals surface area contributed by atoms with Gasteiger partial charge in [-0.3, -0.25) is 0 Å². The maximum absolute atomic E-state index is 11.2. The maximum atomic E-state index is 11.2. The van der Waals surface area contributed by atoms with Crippen LogP contribution in [0.25, 0.3) is 0 Å². The van der Waals surface area contributed by atoms with Gasteiger partial charge in [0.15, 0.2) is 0 Å². The van der Waals surface area contributed by atoms with E-state index in [1.54, 1.807) is 0 Å². The molecule has 0 saturated carbocycles. The summed E-state index contributed by atoms with van der Waals surface area (Å²) < 4.78 is 33.7.